The molecule has 5 nitrogen and oxygen atoms in total. The first kappa shape index (κ1) is 11.5. The SMILES string of the molecule is CCCNCc1nc(C2CCOCC2)no1. The number of aromatic nitrogens is 2. The van der Waals surface area contributed by atoms with Crippen molar-refractivity contribution in [3.63, 3.8) is 0 Å². The summed E-state index contributed by atoms with van der Waals surface area (Å²) in [5.74, 6) is 1.95. The molecule has 16 heavy (non-hydrogen) atoms. The Kier molecular flexibility index (Phi) is 4.30. The van der Waals surface area contributed by atoms with Crippen molar-refractivity contribution in [2.75, 3.05) is 19.8 Å². The van der Waals surface area contributed by atoms with Gasteiger partial charge in [-0.1, -0.05) is 12.1 Å². The van der Waals surface area contributed by atoms with E-state index in [1.165, 1.54) is 0 Å². The maximum Gasteiger partial charge on any atom is 0.240 e. The molecule has 1 saturated heterocycles. The Balaban J connectivity index is 1.85. The summed E-state index contributed by atoms with van der Waals surface area (Å²) in [5, 5.41) is 7.28. The van der Waals surface area contributed by atoms with E-state index in [1.54, 1.807) is 0 Å². The number of hydrogen-bond acceptors (Lipinski definition) is 5. The molecule has 0 atom stereocenters. The molecule has 0 saturated carbocycles. The Labute approximate surface area is 95.6 Å². The second-order valence-corrected chi connectivity index (χ2v) is 4.11. The highest BCUT2D eigenvalue weighted by atomic mass is 16.5. The summed E-state index contributed by atoms with van der Waals surface area (Å²) in [6.07, 6.45) is 3.11. The predicted octanol–water partition coefficient (Wildman–Crippen LogP) is 1.46. The van der Waals surface area contributed by atoms with Crippen molar-refractivity contribution in [2.24, 2.45) is 0 Å². The molecule has 1 aromatic rings. The number of ether oxygens (including phenoxy) is 1. The summed E-state index contributed by atoms with van der Waals surface area (Å²) < 4.78 is 10.5. The predicted molar refractivity (Wildman–Crippen MR) is 59.1 cm³/mol. The lowest BCUT2D eigenvalue weighted by Gasteiger charge is -2.18. The van der Waals surface area contributed by atoms with Crippen LogP contribution in [0.2, 0.25) is 0 Å². The van der Waals surface area contributed by atoms with Crippen LogP contribution < -0.4 is 5.32 Å². The Hall–Kier alpha value is -0.940. The molecule has 0 unspecified atom stereocenters. The minimum atomic E-state index is 0.414. The van der Waals surface area contributed by atoms with Crippen LogP contribution >= 0.6 is 0 Å². The van der Waals surface area contributed by atoms with Gasteiger partial charge in [-0.2, -0.15) is 4.98 Å². The van der Waals surface area contributed by atoms with Crippen molar-refractivity contribution in [1.29, 1.82) is 0 Å². The quantitative estimate of drug-likeness (QED) is 0.769. The van der Waals surface area contributed by atoms with Crippen LogP contribution in [0.3, 0.4) is 0 Å². The molecule has 0 bridgehead atoms. The molecule has 1 aliphatic rings. The van der Waals surface area contributed by atoms with E-state index in [2.05, 4.69) is 22.4 Å². The first-order valence-corrected chi connectivity index (χ1v) is 6.01. The average molecular weight is 225 g/mol. The molecule has 90 valence electrons. The van der Waals surface area contributed by atoms with E-state index < -0.39 is 0 Å². The highest BCUT2D eigenvalue weighted by molar-refractivity contribution is 4.96. The second-order valence-electron chi connectivity index (χ2n) is 4.11. The van der Waals surface area contributed by atoms with Crippen LogP contribution in [-0.4, -0.2) is 29.9 Å². The molecule has 2 heterocycles. The molecule has 2 rings (SSSR count). The third kappa shape index (κ3) is 3.02. The molecule has 0 amide bonds. The summed E-state index contributed by atoms with van der Waals surface area (Å²) in [5.41, 5.74) is 0. The monoisotopic (exact) mass is 225 g/mol. The highest BCUT2D eigenvalue weighted by Crippen LogP contribution is 2.24. The standard InChI is InChI=1S/C11H19N3O2/c1-2-5-12-8-10-13-11(14-16-10)9-3-6-15-7-4-9/h9,12H,2-8H2,1H3. The van der Waals surface area contributed by atoms with E-state index in [9.17, 15) is 0 Å². The fourth-order valence-electron chi connectivity index (χ4n) is 1.83. The minimum Gasteiger partial charge on any atom is -0.381 e. The highest BCUT2D eigenvalue weighted by Gasteiger charge is 2.20. The summed E-state index contributed by atoms with van der Waals surface area (Å²) in [6, 6.07) is 0. The van der Waals surface area contributed by atoms with Gasteiger partial charge in [0, 0.05) is 19.1 Å². The van der Waals surface area contributed by atoms with E-state index in [4.69, 9.17) is 9.26 Å². The zero-order valence-corrected chi connectivity index (χ0v) is 9.74. The summed E-state index contributed by atoms with van der Waals surface area (Å²) >= 11 is 0. The Bertz CT molecular complexity index is 308. The van der Waals surface area contributed by atoms with E-state index >= 15 is 0 Å². The lowest BCUT2D eigenvalue weighted by atomic mass is 10.00. The molecule has 1 aliphatic heterocycles. The number of hydrogen-bond donors (Lipinski definition) is 1. The van der Waals surface area contributed by atoms with Gasteiger partial charge in [0.2, 0.25) is 5.89 Å². The Morgan fingerprint density at radius 2 is 2.19 bits per heavy atom. The van der Waals surface area contributed by atoms with Crippen molar-refractivity contribution < 1.29 is 9.26 Å². The Morgan fingerprint density at radius 3 is 2.94 bits per heavy atom. The second kappa shape index (κ2) is 5.96. The number of rotatable bonds is 5. The minimum absolute atomic E-state index is 0.414. The molecule has 1 fully saturated rings. The third-order valence-corrected chi connectivity index (χ3v) is 2.77. The lowest BCUT2D eigenvalue weighted by Crippen LogP contribution is -2.16. The number of nitrogens with zero attached hydrogens (tertiary/aromatic N) is 2. The normalized spacial score (nSPS) is 17.8. The van der Waals surface area contributed by atoms with Gasteiger partial charge in [0.15, 0.2) is 5.82 Å². The topological polar surface area (TPSA) is 60.2 Å². The van der Waals surface area contributed by atoms with Gasteiger partial charge in [-0.25, -0.2) is 0 Å². The fraction of sp³-hybridized carbons (Fsp3) is 0.818. The zero-order chi connectivity index (χ0) is 11.2. The largest absolute Gasteiger partial charge is 0.381 e. The molecule has 0 aromatic carbocycles. The van der Waals surface area contributed by atoms with Gasteiger partial charge >= 0.3 is 0 Å². The van der Waals surface area contributed by atoms with Crippen LogP contribution in [0.25, 0.3) is 0 Å². The molecular weight excluding hydrogens is 206 g/mol. The lowest BCUT2D eigenvalue weighted by molar-refractivity contribution is 0.0830. The molecule has 5 heteroatoms. The van der Waals surface area contributed by atoms with Crippen LogP contribution in [0, 0.1) is 0 Å². The smallest absolute Gasteiger partial charge is 0.240 e. The Morgan fingerprint density at radius 1 is 1.38 bits per heavy atom. The van der Waals surface area contributed by atoms with Crippen LogP contribution in [0.1, 0.15) is 43.8 Å². The van der Waals surface area contributed by atoms with Gasteiger partial charge in [-0.15, -0.1) is 0 Å². The first-order valence-electron chi connectivity index (χ1n) is 6.01. The third-order valence-electron chi connectivity index (χ3n) is 2.77. The van der Waals surface area contributed by atoms with Crippen molar-refractivity contribution in [3.8, 4) is 0 Å². The van der Waals surface area contributed by atoms with Crippen molar-refractivity contribution in [1.82, 2.24) is 15.5 Å². The molecule has 1 aromatic heterocycles. The average Bonchev–Trinajstić information content (AvgIpc) is 2.79. The van der Waals surface area contributed by atoms with Crippen molar-refractivity contribution in [2.45, 2.75) is 38.6 Å². The van der Waals surface area contributed by atoms with Crippen molar-refractivity contribution >= 4 is 0 Å². The summed E-state index contributed by atoms with van der Waals surface area (Å²) in [6.45, 7) is 5.40. The van der Waals surface area contributed by atoms with E-state index in [-0.39, 0.29) is 0 Å². The van der Waals surface area contributed by atoms with Crippen LogP contribution in [0.15, 0.2) is 4.52 Å². The molecular formula is C11H19N3O2. The van der Waals surface area contributed by atoms with E-state index in [0.29, 0.717) is 18.4 Å². The van der Waals surface area contributed by atoms with Gasteiger partial charge in [-0.3, -0.25) is 0 Å². The maximum atomic E-state index is 5.31. The molecule has 1 N–H and O–H groups in total. The van der Waals surface area contributed by atoms with Gasteiger partial charge < -0.3 is 14.6 Å². The van der Waals surface area contributed by atoms with Gasteiger partial charge in [0.05, 0.1) is 6.54 Å². The first-order chi connectivity index (χ1) is 7.90. The zero-order valence-electron chi connectivity index (χ0n) is 9.74. The van der Waals surface area contributed by atoms with E-state index in [1.807, 2.05) is 0 Å². The van der Waals surface area contributed by atoms with Crippen LogP contribution in [-0.2, 0) is 11.3 Å². The molecule has 0 spiro atoms. The van der Waals surface area contributed by atoms with E-state index in [0.717, 1.165) is 44.8 Å². The van der Waals surface area contributed by atoms with Crippen LogP contribution in [0.5, 0.6) is 0 Å². The molecule has 0 radical (unpaired) electrons. The van der Waals surface area contributed by atoms with Crippen LogP contribution in [0.4, 0.5) is 0 Å². The maximum absolute atomic E-state index is 5.31. The summed E-state index contributed by atoms with van der Waals surface area (Å²) in [4.78, 5) is 4.41. The van der Waals surface area contributed by atoms with Gasteiger partial charge in [-0.05, 0) is 25.8 Å². The summed E-state index contributed by atoms with van der Waals surface area (Å²) in [7, 11) is 0. The van der Waals surface area contributed by atoms with Gasteiger partial charge in [0.1, 0.15) is 0 Å². The van der Waals surface area contributed by atoms with Crippen molar-refractivity contribution in [3.05, 3.63) is 11.7 Å². The van der Waals surface area contributed by atoms with Gasteiger partial charge in [0.25, 0.3) is 0 Å². The fourth-order valence-corrected chi connectivity index (χ4v) is 1.83. The number of nitrogens with one attached hydrogen (secondary N) is 1. The molecule has 0 aliphatic carbocycles.